The first kappa shape index (κ1) is 47.1. The zero-order valence-electron chi connectivity index (χ0n) is 34.2. The number of halogens is 6. The van der Waals surface area contributed by atoms with E-state index in [4.69, 9.17) is 28.4 Å². The van der Waals surface area contributed by atoms with Crippen LogP contribution in [0, 0.1) is 20.8 Å². The molecule has 5 heterocycles. The Morgan fingerprint density at radius 1 is 0.467 bits per heavy atom. The van der Waals surface area contributed by atoms with Gasteiger partial charge in [-0.3, -0.25) is 0 Å². The second-order valence-electron chi connectivity index (χ2n) is 14.2. The summed E-state index contributed by atoms with van der Waals surface area (Å²) in [5.74, 6) is -16.1. The summed E-state index contributed by atoms with van der Waals surface area (Å²) < 4.78 is 129. The lowest BCUT2D eigenvalue weighted by Crippen LogP contribution is -2.48. The quantitative estimate of drug-likeness (QED) is 0.0480. The van der Waals surface area contributed by atoms with Crippen LogP contribution in [0.2, 0.25) is 0 Å². The van der Waals surface area contributed by atoms with Gasteiger partial charge in [0.05, 0.1) is 64.3 Å². The number of thiophene rings is 5. The van der Waals surface area contributed by atoms with E-state index in [1.54, 1.807) is 21.3 Å². The molecule has 0 spiro atoms. The van der Waals surface area contributed by atoms with Gasteiger partial charge < -0.3 is 28.4 Å². The number of rotatable bonds is 23. The molecule has 0 bridgehead atoms. The first-order valence-corrected chi connectivity index (χ1v) is 23.4. The minimum Gasteiger partial charge on any atom is -0.382 e. The summed E-state index contributed by atoms with van der Waals surface area (Å²) in [6, 6.07) is 8.34. The third kappa shape index (κ3) is 9.86. The standard InChI is InChI=1S/C43H48F6O6S5/c1-25-19-34(57-30(25)7-10-53-16-13-50-4)33-22-28(24-56-33)38-39(42(46,47)43(48,49)41(38,44)45)29-23-36(35-20-26(2)31(58-35)8-11-54-17-14-51-5)60-40(29)37-21-27(3)32(59-37)9-12-55-18-15-52-6/h19-24H,7-18H2,1-6H3. The number of ether oxygens (including phenoxy) is 6. The van der Waals surface area contributed by atoms with E-state index in [9.17, 15) is 0 Å². The maximum absolute atomic E-state index is 16.5. The van der Waals surface area contributed by atoms with Crippen molar-refractivity contribution < 1.29 is 54.8 Å². The van der Waals surface area contributed by atoms with Crippen LogP contribution in [-0.2, 0) is 47.7 Å². The summed E-state index contributed by atoms with van der Waals surface area (Å²) in [5.41, 5.74) is -0.649. The number of alkyl halides is 6. The molecular formula is C43H48F6O6S5. The molecule has 5 aromatic rings. The SMILES string of the molecule is COCCOCCc1sc(-c2cc(C3=C(c4cc(-c5cc(C)c(CCOCCOC)s5)sc4-c4cc(C)c(CCOCCOC)s4)C(F)(F)C(F)(F)C3(F)F)cs2)cc1C. The predicted molar refractivity (Wildman–Crippen MR) is 234 cm³/mol. The second-order valence-corrected chi connectivity index (χ2v) is 19.6. The number of aryl methyl sites for hydroxylation is 3. The van der Waals surface area contributed by atoms with Gasteiger partial charge in [-0.2, -0.15) is 26.3 Å². The molecule has 0 fully saturated rings. The van der Waals surface area contributed by atoms with Gasteiger partial charge in [-0.25, -0.2) is 0 Å². The van der Waals surface area contributed by atoms with Gasteiger partial charge in [0.15, 0.2) is 0 Å². The van der Waals surface area contributed by atoms with Crippen LogP contribution in [0.25, 0.3) is 40.4 Å². The summed E-state index contributed by atoms with van der Waals surface area (Å²) in [5, 5.41) is 1.28. The van der Waals surface area contributed by atoms with E-state index in [1.807, 2.05) is 39.0 Å². The molecule has 0 radical (unpaired) electrons. The summed E-state index contributed by atoms with van der Waals surface area (Å²) in [6.07, 6.45) is 1.70. The van der Waals surface area contributed by atoms with Gasteiger partial charge in [0.2, 0.25) is 0 Å². The summed E-state index contributed by atoms with van der Waals surface area (Å²) in [7, 11) is 4.75. The van der Waals surface area contributed by atoms with Crippen molar-refractivity contribution in [3.8, 4) is 29.3 Å². The van der Waals surface area contributed by atoms with Crippen LogP contribution in [0.1, 0.15) is 42.4 Å². The molecule has 5 aromatic heterocycles. The Balaban J connectivity index is 1.45. The van der Waals surface area contributed by atoms with Gasteiger partial charge in [-0.1, -0.05) is 0 Å². The second kappa shape index (κ2) is 20.4. The Labute approximate surface area is 366 Å². The van der Waals surface area contributed by atoms with Crippen LogP contribution >= 0.6 is 56.7 Å². The molecule has 328 valence electrons. The van der Waals surface area contributed by atoms with Gasteiger partial charge in [0.1, 0.15) is 0 Å². The van der Waals surface area contributed by atoms with Crippen LogP contribution in [0.3, 0.4) is 0 Å². The van der Waals surface area contributed by atoms with E-state index in [0.717, 1.165) is 58.9 Å². The van der Waals surface area contributed by atoms with Crippen molar-refractivity contribution in [1.82, 2.24) is 0 Å². The summed E-state index contributed by atoms with van der Waals surface area (Å²) in [6.45, 7) is 9.57. The number of hydrogen-bond donors (Lipinski definition) is 0. The topological polar surface area (TPSA) is 55.4 Å². The van der Waals surface area contributed by atoms with Crippen molar-refractivity contribution in [1.29, 1.82) is 0 Å². The van der Waals surface area contributed by atoms with E-state index in [2.05, 4.69) is 0 Å². The highest BCUT2D eigenvalue weighted by Gasteiger charge is 2.80. The molecule has 0 saturated carbocycles. The molecule has 6 nitrogen and oxygen atoms in total. The molecule has 0 aromatic carbocycles. The average molecular weight is 935 g/mol. The van der Waals surface area contributed by atoms with Crippen molar-refractivity contribution in [3.05, 3.63) is 78.2 Å². The molecule has 0 amide bonds. The molecule has 0 atom stereocenters. The average Bonchev–Trinajstić information content (AvgIpc) is 4.06. The van der Waals surface area contributed by atoms with E-state index >= 15 is 26.3 Å². The minimum atomic E-state index is -5.70. The lowest BCUT2D eigenvalue weighted by atomic mass is 9.95. The molecule has 6 rings (SSSR count). The van der Waals surface area contributed by atoms with Crippen LogP contribution in [0.5, 0.6) is 0 Å². The van der Waals surface area contributed by atoms with Gasteiger partial charge in [-0.05, 0) is 78.7 Å². The van der Waals surface area contributed by atoms with Gasteiger partial charge in [0.25, 0.3) is 0 Å². The van der Waals surface area contributed by atoms with Crippen LogP contribution in [-0.4, -0.2) is 98.6 Å². The third-order valence-electron chi connectivity index (χ3n) is 10.0. The predicted octanol–water partition coefficient (Wildman–Crippen LogP) is 12.4. The summed E-state index contributed by atoms with van der Waals surface area (Å²) in [4.78, 5) is 6.11. The van der Waals surface area contributed by atoms with Crippen molar-refractivity contribution in [2.45, 2.75) is 57.8 Å². The Kier molecular flexibility index (Phi) is 16.0. The van der Waals surface area contributed by atoms with E-state index < -0.39 is 28.9 Å². The minimum absolute atomic E-state index is 0.225. The molecule has 0 N–H and O–H groups in total. The molecule has 1 aliphatic rings. The zero-order valence-corrected chi connectivity index (χ0v) is 38.3. The Morgan fingerprint density at radius 3 is 1.37 bits per heavy atom. The van der Waals surface area contributed by atoms with Crippen molar-refractivity contribution in [2.24, 2.45) is 0 Å². The molecule has 1 aliphatic carbocycles. The fourth-order valence-corrected chi connectivity index (χ4v) is 12.6. The van der Waals surface area contributed by atoms with Crippen LogP contribution in [0.15, 0.2) is 35.7 Å². The smallest absolute Gasteiger partial charge is 0.380 e. The molecular weight excluding hydrogens is 887 g/mol. The Bertz CT molecular complexity index is 2230. The maximum atomic E-state index is 16.5. The number of hydrogen-bond acceptors (Lipinski definition) is 11. The first-order chi connectivity index (χ1) is 28.7. The highest BCUT2D eigenvalue weighted by Crippen LogP contribution is 2.66. The highest BCUT2D eigenvalue weighted by molar-refractivity contribution is 7.27. The molecule has 17 heteroatoms. The lowest BCUT2D eigenvalue weighted by Gasteiger charge is -2.25. The Hall–Kier alpha value is -2.42. The fourth-order valence-electron chi connectivity index (χ4n) is 6.82. The largest absolute Gasteiger partial charge is 0.382 e. The van der Waals surface area contributed by atoms with Crippen molar-refractivity contribution >= 4 is 67.8 Å². The van der Waals surface area contributed by atoms with E-state index in [0.29, 0.717) is 98.2 Å². The summed E-state index contributed by atoms with van der Waals surface area (Å²) >= 11 is 6.37. The van der Waals surface area contributed by atoms with Crippen LogP contribution in [0.4, 0.5) is 26.3 Å². The molecule has 0 aliphatic heterocycles. The van der Waals surface area contributed by atoms with Gasteiger partial charge >= 0.3 is 17.8 Å². The van der Waals surface area contributed by atoms with E-state index in [1.165, 1.54) is 51.5 Å². The first-order valence-electron chi connectivity index (χ1n) is 19.3. The highest BCUT2D eigenvalue weighted by atomic mass is 32.1. The van der Waals surface area contributed by atoms with E-state index in [-0.39, 0.29) is 16.0 Å². The fraction of sp³-hybridized carbons (Fsp3) is 0.488. The molecule has 60 heavy (non-hydrogen) atoms. The molecule has 0 unspecified atom stereocenters. The number of methoxy groups -OCH3 is 3. The van der Waals surface area contributed by atoms with Crippen molar-refractivity contribution in [2.75, 3.05) is 80.8 Å². The van der Waals surface area contributed by atoms with Gasteiger partial charge in [-0.15, -0.1) is 56.7 Å². The normalized spacial score (nSPS) is 15.9. The third-order valence-corrected chi connectivity index (χ3v) is 16.6. The monoisotopic (exact) mass is 934 g/mol. The molecule has 0 saturated heterocycles. The van der Waals surface area contributed by atoms with Gasteiger partial charge in [0, 0.05) is 96.3 Å². The van der Waals surface area contributed by atoms with Crippen LogP contribution < -0.4 is 0 Å². The lowest BCUT2D eigenvalue weighted by molar-refractivity contribution is -0.254. The maximum Gasteiger partial charge on any atom is 0.380 e. The zero-order chi connectivity index (χ0) is 43.2. The van der Waals surface area contributed by atoms with Crippen molar-refractivity contribution in [3.63, 3.8) is 0 Å². The Morgan fingerprint density at radius 2 is 0.883 bits per heavy atom. The number of allylic oxidation sites excluding steroid dienone is 2.